The van der Waals surface area contributed by atoms with Crippen LogP contribution in [0.4, 0.5) is 0 Å². The van der Waals surface area contributed by atoms with Gasteiger partial charge in [0.2, 0.25) is 5.79 Å². The Bertz CT molecular complexity index is 202. The first kappa shape index (κ1) is 9.29. The molecule has 12 heavy (non-hydrogen) atoms. The highest BCUT2D eigenvalue weighted by molar-refractivity contribution is 5.29. The second-order valence-electron chi connectivity index (χ2n) is 2.41. The summed E-state index contributed by atoms with van der Waals surface area (Å²) in [4.78, 5) is 0. The molecule has 0 spiro atoms. The van der Waals surface area contributed by atoms with E-state index in [4.69, 9.17) is 14.2 Å². The van der Waals surface area contributed by atoms with Crippen molar-refractivity contribution in [1.82, 2.24) is 0 Å². The van der Waals surface area contributed by atoms with Gasteiger partial charge in [0.15, 0.2) is 0 Å². The van der Waals surface area contributed by atoms with E-state index in [1.807, 2.05) is 18.6 Å². The van der Waals surface area contributed by atoms with Crippen LogP contribution in [-0.4, -0.2) is 27.1 Å². The SMILES string of the molecule is COC1=CC(OC)(OC)C=C[CH]1. The third-order valence-corrected chi connectivity index (χ3v) is 1.81. The van der Waals surface area contributed by atoms with Gasteiger partial charge in [-0.3, -0.25) is 0 Å². The van der Waals surface area contributed by atoms with Crippen molar-refractivity contribution in [2.24, 2.45) is 0 Å². The van der Waals surface area contributed by atoms with Crippen LogP contribution in [-0.2, 0) is 14.2 Å². The number of ether oxygens (including phenoxy) is 3. The van der Waals surface area contributed by atoms with E-state index in [2.05, 4.69) is 0 Å². The molecule has 0 unspecified atom stereocenters. The van der Waals surface area contributed by atoms with Crippen LogP contribution < -0.4 is 0 Å². The van der Waals surface area contributed by atoms with Gasteiger partial charge in [-0.2, -0.15) is 0 Å². The quantitative estimate of drug-likeness (QED) is 0.596. The molecule has 1 aliphatic carbocycles. The van der Waals surface area contributed by atoms with Gasteiger partial charge in [0.05, 0.1) is 7.11 Å². The summed E-state index contributed by atoms with van der Waals surface area (Å²) in [7, 11) is 4.78. The van der Waals surface area contributed by atoms with Crippen molar-refractivity contribution in [3.05, 3.63) is 30.4 Å². The van der Waals surface area contributed by atoms with Crippen LogP contribution in [0.2, 0.25) is 0 Å². The predicted octanol–water partition coefficient (Wildman–Crippen LogP) is 1.28. The van der Waals surface area contributed by atoms with Crippen molar-refractivity contribution in [1.29, 1.82) is 0 Å². The maximum absolute atomic E-state index is 5.17. The fraction of sp³-hybridized carbons (Fsp3) is 0.444. The fourth-order valence-corrected chi connectivity index (χ4v) is 1.04. The summed E-state index contributed by atoms with van der Waals surface area (Å²) >= 11 is 0. The molecule has 0 aliphatic heterocycles. The fourth-order valence-electron chi connectivity index (χ4n) is 1.04. The minimum absolute atomic E-state index is 0.737. The molecule has 1 aliphatic rings. The molecular weight excluding hydrogens is 156 g/mol. The Kier molecular flexibility index (Phi) is 2.89. The summed E-state index contributed by atoms with van der Waals surface area (Å²) in [5.74, 6) is -0.0266. The number of rotatable bonds is 3. The molecule has 1 rings (SSSR count). The van der Waals surface area contributed by atoms with Crippen LogP contribution >= 0.6 is 0 Å². The molecule has 3 heteroatoms. The Labute approximate surface area is 72.6 Å². The van der Waals surface area contributed by atoms with Crippen molar-refractivity contribution >= 4 is 0 Å². The molecule has 0 bridgehead atoms. The van der Waals surface area contributed by atoms with Crippen LogP contribution in [0, 0.1) is 6.42 Å². The first-order valence-corrected chi connectivity index (χ1v) is 3.66. The number of hydrogen-bond acceptors (Lipinski definition) is 3. The largest absolute Gasteiger partial charge is 0.501 e. The summed E-state index contributed by atoms with van der Waals surface area (Å²) in [5.41, 5.74) is 0. The molecule has 3 nitrogen and oxygen atoms in total. The summed E-state index contributed by atoms with van der Waals surface area (Å²) in [6.07, 6.45) is 7.27. The van der Waals surface area contributed by atoms with E-state index in [1.165, 1.54) is 0 Å². The highest BCUT2D eigenvalue weighted by Gasteiger charge is 2.26. The topological polar surface area (TPSA) is 27.7 Å². The zero-order chi connectivity index (χ0) is 9.03. The van der Waals surface area contributed by atoms with Crippen LogP contribution in [0.5, 0.6) is 0 Å². The van der Waals surface area contributed by atoms with Crippen molar-refractivity contribution in [2.75, 3.05) is 21.3 Å². The van der Waals surface area contributed by atoms with E-state index in [-0.39, 0.29) is 0 Å². The van der Waals surface area contributed by atoms with Crippen LogP contribution in [0.15, 0.2) is 24.0 Å². The normalized spacial score (nSPS) is 20.4. The van der Waals surface area contributed by atoms with E-state index in [1.54, 1.807) is 27.4 Å². The maximum Gasteiger partial charge on any atom is 0.211 e. The molecule has 0 saturated heterocycles. The Hall–Kier alpha value is -0.800. The van der Waals surface area contributed by atoms with Gasteiger partial charge in [0, 0.05) is 26.7 Å². The average Bonchev–Trinajstić information content (AvgIpc) is 2.18. The molecule has 0 saturated carbocycles. The standard InChI is InChI=1S/C9H13O3/c1-10-8-5-4-6-9(7-8,11-2)12-3/h4-7H,1-3H3. The number of allylic oxidation sites excluding steroid dienone is 1. The van der Waals surface area contributed by atoms with Gasteiger partial charge in [-0.15, -0.1) is 0 Å². The van der Waals surface area contributed by atoms with E-state index in [9.17, 15) is 0 Å². The molecule has 0 N–H and O–H groups in total. The Balaban J connectivity index is 2.81. The van der Waals surface area contributed by atoms with Gasteiger partial charge in [-0.05, 0) is 6.08 Å². The van der Waals surface area contributed by atoms with E-state index < -0.39 is 5.79 Å². The smallest absolute Gasteiger partial charge is 0.211 e. The number of methoxy groups -OCH3 is 3. The first-order chi connectivity index (χ1) is 5.76. The van der Waals surface area contributed by atoms with Gasteiger partial charge >= 0.3 is 0 Å². The van der Waals surface area contributed by atoms with Crippen molar-refractivity contribution in [3.63, 3.8) is 0 Å². The summed E-state index contributed by atoms with van der Waals surface area (Å²) < 4.78 is 15.4. The average molecular weight is 169 g/mol. The maximum atomic E-state index is 5.17. The van der Waals surface area contributed by atoms with E-state index >= 15 is 0 Å². The van der Waals surface area contributed by atoms with Crippen molar-refractivity contribution in [3.8, 4) is 0 Å². The zero-order valence-electron chi connectivity index (χ0n) is 7.53. The molecule has 0 aromatic carbocycles. The Morgan fingerprint density at radius 1 is 1.17 bits per heavy atom. The second kappa shape index (κ2) is 3.74. The van der Waals surface area contributed by atoms with Crippen LogP contribution in [0.3, 0.4) is 0 Å². The summed E-state index contributed by atoms with van der Waals surface area (Å²) in [5, 5.41) is 0. The first-order valence-electron chi connectivity index (χ1n) is 3.66. The van der Waals surface area contributed by atoms with Crippen molar-refractivity contribution in [2.45, 2.75) is 5.79 Å². The highest BCUT2D eigenvalue weighted by Crippen LogP contribution is 2.23. The third-order valence-electron chi connectivity index (χ3n) is 1.81. The van der Waals surface area contributed by atoms with Crippen LogP contribution in [0.25, 0.3) is 0 Å². The molecule has 0 amide bonds. The zero-order valence-corrected chi connectivity index (χ0v) is 7.53. The lowest BCUT2D eigenvalue weighted by Crippen LogP contribution is -2.30. The summed E-state index contributed by atoms with van der Waals surface area (Å²) in [6, 6.07) is 0. The van der Waals surface area contributed by atoms with Gasteiger partial charge in [0.1, 0.15) is 5.76 Å². The van der Waals surface area contributed by atoms with Gasteiger partial charge in [-0.25, -0.2) is 0 Å². The van der Waals surface area contributed by atoms with E-state index in [0.717, 1.165) is 5.76 Å². The third kappa shape index (κ3) is 1.68. The Morgan fingerprint density at radius 2 is 1.83 bits per heavy atom. The Morgan fingerprint density at radius 3 is 2.33 bits per heavy atom. The molecule has 0 fully saturated rings. The van der Waals surface area contributed by atoms with Crippen LogP contribution in [0.1, 0.15) is 0 Å². The number of hydrogen-bond donors (Lipinski definition) is 0. The predicted molar refractivity (Wildman–Crippen MR) is 45.3 cm³/mol. The summed E-state index contributed by atoms with van der Waals surface area (Å²) in [6.45, 7) is 0. The minimum atomic E-state index is -0.764. The molecule has 0 heterocycles. The molecule has 0 aromatic heterocycles. The lowest BCUT2D eigenvalue weighted by Gasteiger charge is -2.27. The monoisotopic (exact) mass is 169 g/mol. The lowest BCUT2D eigenvalue weighted by molar-refractivity contribution is -0.135. The second-order valence-corrected chi connectivity index (χ2v) is 2.41. The van der Waals surface area contributed by atoms with Crippen molar-refractivity contribution < 1.29 is 14.2 Å². The van der Waals surface area contributed by atoms with Gasteiger partial charge in [0.25, 0.3) is 0 Å². The molecular formula is C9H13O3. The highest BCUT2D eigenvalue weighted by atomic mass is 16.7. The molecule has 67 valence electrons. The van der Waals surface area contributed by atoms with Gasteiger partial charge < -0.3 is 14.2 Å². The lowest BCUT2D eigenvalue weighted by atomic mass is 10.1. The van der Waals surface area contributed by atoms with Gasteiger partial charge in [-0.1, -0.05) is 6.08 Å². The molecule has 0 atom stereocenters. The molecule has 0 aromatic rings. The van der Waals surface area contributed by atoms with E-state index in [0.29, 0.717) is 0 Å². The minimum Gasteiger partial charge on any atom is -0.501 e. The molecule has 1 radical (unpaired) electrons.